The van der Waals surface area contributed by atoms with Crippen LogP contribution in [0.25, 0.3) is 0 Å². The van der Waals surface area contributed by atoms with Gasteiger partial charge in [0.1, 0.15) is 8.86 Å². The normalized spacial score (nSPS) is 9.43. The maximum atomic E-state index is 2.27. The smallest absolute Gasteiger partial charge is 0.0614 e. The van der Waals surface area contributed by atoms with Crippen LogP contribution in [0.1, 0.15) is 26.7 Å². The van der Waals surface area contributed by atoms with Crippen LogP contribution in [0.2, 0.25) is 0 Å². The Morgan fingerprint density at radius 2 is 1.43 bits per heavy atom. The van der Waals surface area contributed by atoms with Crippen molar-refractivity contribution in [1.82, 2.24) is 0 Å². The molecular weight excluding hydrogens is 199 g/mol. The molecule has 0 N–H and O–H groups in total. The molecule has 0 amide bonds. The van der Waals surface area contributed by atoms with Gasteiger partial charge in [-0.05, 0) is 12.8 Å². The molecule has 0 nitrogen and oxygen atoms in total. The van der Waals surface area contributed by atoms with Gasteiger partial charge in [0, 0.05) is 0 Å². The van der Waals surface area contributed by atoms with Crippen molar-refractivity contribution in [2.75, 3.05) is 8.86 Å². The Labute approximate surface area is 56.9 Å². The van der Waals surface area contributed by atoms with Crippen molar-refractivity contribution in [3.8, 4) is 0 Å². The zero-order valence-electron chi connectivity index (χ0n) is 5.21. The van der Waals surface area contributed by atoms with Gasteiger partial charge in [-0.2, -0.15) is 0 Å². The summed E-state index contributed by atoms with van der Waals surface area (Å²) in [6, 6.07) is 0. The maximum Gasteiger partial charge on any atom is 0.268 e. The summed E-state index contributed by atoms with van der Waals surface area (Å²) < 4.78 is 3.07. The molecule has 0 aromatic heterocycles. The van der Waals surface area contributed by atoms with Crippen molar-refractivity contribution in [2.45, 2.75) is 26.7 Å². The first kappa shape index (κ1) is 7.73. The van der Waals surface area contributed by atoms with Crippen LogP contribution in [0, 0.1) is 0 Å². The van der Waals surface area contributed by atoms with Crippen LogP contribution in [-0.2, 0) is 0 Å². The Bertz CT molecular complexity index is 23.4. The maximum absolute atomic E-state index is 2.27. The van der Waals surface area contributed by atoms with Gasteiger partial charge in [-0.15, -0.1) is 0 Å². The van der Waals surface area contributed by atoms with E-state index in [1.807, 2.05) is 0 Å². The summed E-state index contributed by atoms with van der Waals surface area (Å²) in [4.78, 5) is 0. The Kier molecular flexibility index (Phi) is 7.43. The van der Waals surface area contributed by atoms with Gasteiger partial charge < -0.3 is 0 Å². The van der Waals surface area contributed by atoms with Crippen molar-refractivity contribution in [1.29, 1.82) is 0 Å². The molecule has 0 saturated heterocycles. The minimum Gasteiger partial charge on any atom is -0.0614 e. The van der Waals surface area contributed by atoms with Crippen molar-refractivity contribution < 1.29 is 21.2 Å². The minimum atomic E-state index is 0.625. The first-order chi connectivity index (χ1) is 3.41. The number of hydrogen-bond donors (Lipinski definition) is 0. The average molecular weight is 213 g/mol. The highest BCUT2D eigenvalue weighted by Crippen LogP contribution is 1.59. The summed E-state index contributed by atoms with van der Waals surface area (Å²) in [7, 11) is 0. The number of alkyl halides is 2. The van der Waals surface area contributed by atoms with Crippen molar-refractivity contribution >= 4 is 0 Å². The van der Waals surface area contributed by atoms with Crippen LogP contribution in [-0.4, -0.2) is 8.86 Å². The zero-order chi connectivity index (χ0) is 5.54. The predicted molar refractivity (Wildman–Crippen MR) is 30.3 cm³/mol. The van der Waals surface area contributed by atoms with E-state index in [2.05, 4.69) is 13.8 Å². The van der Waals surface area contributed by atoms with Gasteiger partial charge in [-0.1, -0.05) is 13.8 Å². The molecular formula is C6H14I+. The molecule has 0 rings (SSSR count). The zero-order valence-corrected chi connectivity index (χ0v) is 7.36. The van der Waals surface area contributed by atoms with E-state index in [0.29, 0.717) is 21.2 Å². The van der Waals surface area contributed by atoms with Crippen molar-refractivity contribution in [3.05, 3.63) is 0 Å². The van der Waals surface area contributed by atoms with Gasteiger partial charge in [0.05, 0.1) is 0 Å². The molecule has 1 heteroatoms. The topological polar surface area (TPSA) is 0 Å². The van der Waals surface area contributed by atoms with Crippen molar-refractivity contribution in [2.24, 2.45) is 0 Å². The molecule has 0 atom stereocenters. The van der Waals surface area contributed by atoms with Crippen LogP contribution in [0.5, 0.6) is 0 Å². The van der Waals surface area contributed by atoms with E-state index in [9.17, 15) is 0 Å². The largest absolute Gasteiger partial charge is 0.268 e. The first-order valence-corrected chi connectivity index (χ1v) is 6.00. The summed E-state index contributed by atoms with van der Waals surface area (Å²) in [6.07, 6.45) is 2.82. The quantitative estimate of drug-likeness (QED) is 0.316. The van der Waals surface area contributed by atoms with E-state index in [1.54, 1.807) is 0 Å². The third-order valence-corrected chi connectivity index (χ3v) is 4.33. The van der Waals surface area contributed by atoms with E-state index in [1.165, 1.54) is 21.7 Å². The van der Waals surface area contributed by atoms with Gasteiger partial charge in [0.2, 0.25) is 0 Å². The molecule has 7 heavy (non-hydrogen) atoms. The second kappa shape index (κ2) is 6.73. The molecule has 0 heterocycles. The second-order valence-corrected chi connectivity index (χ2v) is 4.80. The second-order valence-electron chi connectivity index (χ2n) is 1.57. The van der Waals surface area contributed by atoms with Crippen LogP contribution >= 0.6 is 0 Å². The number of hydrogen-bond acceptors (Lipinski definition) is 0. The predicted octanol–water partition coefficient (Wildman–Crippen LogP) is -1.10. The van der Waals surface area contributed by atoms with E-state index >= 15 is 0 Å². The first-order valence-electron chi connectivity index (χ1n) is 2.95. The SMILES string of the molecule is CCC[I+]CCC. The molecule has 44 valence electrons. The van der Waals surface area contributed by atoms with E-state index < -0.39 is 0 Å². The van der Waals surface area contributed by atoms with Crippen LogP contribution < -0.4 is 21.2 Å². The Balaban J connectivity index is 2.45. The Hall–Kier alpha value is 0.730. The van der Waals surface area contributed by atoms with E-state index in [-0.39, 0.29) is 0 Å². The lowest BCUT2D eigenvalue weighted by Gasteiger charge is -1.74. The Morgan fingerprint density at radius 1 is 1.00 bits per heavy atom. The lowest BCUT2D eigenvalue weighted by atomic mass is 10.6. The third kappa shape index (κ3) is 6.73. The van der Waals surface area contributed by atoms with Gasteiger partial charge in [-0.3, -0.25) is 0 Å². The standard InChI is InChI=1S/C6H14I/c1-3-5-7-6-4-2/h3-6H2,1-2H3/q+1. The lowest BCUT2D eigenvalue weighted by molar-refractivity contribution is -0.654. The molecule has 0 aliphatic rings. The van der Waals surface area contributed by atoms with Crippen LogP contribution in [0.4, 0.5) is 0 Å². The minimum absolute atomic E-state index is 0.625. The third-order valence-electron chi connectivity index (χ3n) is 0.645. The molecule has 0 saturated carbocycles. The summed E-state index contributed by atoms with van der Waals surface area (Å²) in [5.41, 5.74) is 0. The molecule has 0 aromatic rings. The number of halogens is 1. The summed E-state index contributed by atoms with van der Waals surface area (Å²) >= 11 is 0.625. The van der Waals surface area contributed by atoms with Gasteiger partial charge in [0.15, 0.2) is 0 Å². The number of rotatable bonds is 4. The highest BCUT2D eigenvalue weighted by molar-refractivity contribution is 4.17. The van der Waals surface area contributed by atoms with Gasteiger partial charge in [0.25, 0.3) is 21.2 Å². The fourth-order valence-electron chi connectivity index (χ4n) is 0.362. The molecule has 0 aliphatic heterocycles. The van der Waals surface area contributed by atoms with Gasteiger partial charge in [-0.25, -0.2) is 0 Å². The molecule has 0 bridgehead atoms. The van der Waals surface area contributed by atoms with Crippen molar-refractivity contribution in [3.63, 3.8) is 0 Å². The lowest BCUT2D eigenvalue weighted by Crippen LogP contribution is -3.63. The Morgan fingerprint density at radius 3 is 1.71 bits per heavy atom. The summed E-state index contributed by atoms with van der Waals surface area (Å²) in [5.74, 6) is 0. The highest BCUT2D eigenvalue weighted by Gasteiger charge is 1.98. The molecule has 0 aliphatic carbocycles. The summed E-state index contributed by atoms with van der Waals surface area (Å²) in [5, 5.41) is 0. The monoisotopic (exact) mass is 213 g/mol. The molecule has 0 unspecified atom stereocenters. The molecule has 0 radical (unpaired) electrons. The highest BCUT2D eigenvalue weighted by atomic mass is 127. The van der Waals surface area contributed by atoms with E-state index in [0.717, 1.165) is 0 Å². The molecule has 0 aromatic carbocycles. The fraction of sp³-hybridized carbons (Fsp3) is 1.00. The summed E-state index contributed by atoms with van der Waals surface area (Å²) in [6.45, 7) is 4.55. The van der Waals surface area contributed by atoms with Crippen LogP contribution in [0.3, 0.4) is 0 Å². The van der Waals surface area contributed by atoms with E-state index in [4.69, 9.17) is 0 Å². The van der Waals surface area contributed by atoms with Gasteiger partial charge >= 0.3 is 0 Å². The average Bonchev–Trinajstić information content (AvgIpc) is 1.69. The van der Waals surface area contributed by atoms with Crippen LogP contribution in [0.15, 0.2) is 0 Å². The molecule has 0 spiro atoms. The molecule has 0 fully saturated rings. The fourth-order valence-corrected chi connectivity index (χ4v) is 2.43.